The standard InChI is InChI=1S/C10H15N3S/c1-11-9-4-10(6-12-5-9)13-8-2-3-14-7-8/h4-6,8,11,13H,2-3,7H2,1H3. The summed E-state index contributed by atoms with van der Waals surface area (Å²) >= 11 is 2.01. The molecule has 1 unspecified atom stereocenters. The van der Waals surface area contributed by atoms with Gasteiger partial charge in [0.1, 0.15) is 0 Å². The molecule has 1 aliphatic rings. The third-order valence-corrected chi connectivity index (χ3v) is 3.49. The molecular formula is C10H15N3S. The van der Waals surface area contributed by atoms with E-state index in [1.165, 1.54) is 17.9 Å². The van der Waals surface area contributed by atoms with E-state index in [9.17, 15) is 0 Å². The fourth-order valence-corrected chi connectivity index (χ4v) is 2.69. The molecule has 1 atom stereocenters. The summed E-state index contributed by atoms with van der Waals surface area (Å²) in [5.41, 5.74) is 2.17. The first-order valence-electron chi connectivity index (χ1n) is 4.85. The molecular weight excluding hydrogens is 194 g/mol. The maximum Gasteiger partial charge on any atom is 0.0549 e. The summed E-state index contributed by atoms with van der Waals surface area (Å²) in [5, 5.41) is 6.58. The highest BCUT2D eigenvalue weighted by molar-refractivity contribution is 7.99. The minimum atomic E-state index is 0.619. The molecule has 0 radical (unpaired) electrons. The van der Waals surface area contributed by atoms with Crippen molar-refractivity contribution in [3.8, 4) is 0 Å². The third-order valence-electron chi connectivity index (χ3n) is 2.33. The van der Waals surface area contributed by atoms with E-state index in [1.807, 2.05) is 31.2 Å². The van der Waals surface area contributed by atoms with Crippen LogP contribution in [0.5, 0.6) is 0 Å². The number of aromatic nitrogens is 1. The Bertz CT molecular complexity index is 297. The van der Waals surface area contributed by atoms with E-state index >= 15 is 0 Å². The second-order valence-electron chi connectivity index (χ2n) is 3.42. The summed E-state index contributed by atoms with van der Waals surface area (Å²) in [6.07, 6.45) is 4.97. The van der Waals surface area contributed by atoms with Crippen LogP contribution in [0, 0.1) is 0 Å². The second kappa shape index (κ2) is 4.55. The lowest BCUT2D eigenvalue weighted by Gasteiger charge is -2.12. The molecule has 76 valence electrons. The van der Waals surface area contributed by atoms with E-state index in [0.717, 1.165) is 11.4 Å². The first kappa shape index (κ1) is 9.65. The number of hydrogen-bond acceptors (Lipinski definition) is 4. The normalized spacial score (nSPS) is 20.8. The molecule has 4 heteroatoms. The van der Waals surface area contributed by atoms with Gasteiger partial charge in [-0.15, -0.1) is 0 Å². The predicted octanol–water partition coefficient (Wildman–Crippen LogP) is 2.04. The Balaban J connectivity index is 2.00. The van der Waals surface area contributed by atoms with Crippen LogP contribution in [0.15, 0.2) is 18.5 Å². The zero-order valence-corrected chi connectivity index (χ0v) is 9.10. The molecule has 0 aromatic carbocycles. The van der Waals surface area contributed by atoms with Gasteiger partial charge in [0, 0.05) is 18.8 Å². The van der Waals surface area contributed by atoms with Crippen molar-refractivity contribution in [3.05, 3.63) is 18.5 Å². The third kappa shape index (κ3) is 2.32. The number of nitrogens with zero attached hydrogens (tertiary/aromatic N) is 1. The lowest BCUT2D eigenvalue weighted by molar-refractivity contribution is 0.812. The Hall–Kier alpha value is -0.900. The van der Waals surface area contributed by atoms with E-state index in [-0.39, 0.29) is 0 Å². The van der Waals surface area contributed by atoms with Crippen LogP contribution in [0.1, 0.15) is 6.42 Å². The predicted molar refractivity (Wildman–Crippen MR) is 63.1 cm³/mol. The Kier molecular flexibility index (Phi) is 3.14. The van der Waals surface area contributed by atoms with E-state index in [0.29, 0.717) is 6.04 Å². The highest BCUT2D eigenvalue weighted by Gasteiger charge is 2.14. The fourth-order valence-electron chi connectivity index (χ4n) is 1.54. The molecule has 1 aromatic heterocycles. The zero-order valence-electron chi connectivity index (χ0n) is 8.29. The van der Waals surface area contributed by atoms with Gasteiger partial charge in [-0.1, -0.05) is 0 Å². The van der Waals surface area contributed by atoms with Crippen molar-refractivity contribution in [2.24, 2.45) is 0 Å². The van der Waals surface area contributed by atoms with E-state index in [2.05, 4.69) is 21.7 Å². The highest BCUT2D eigenvalue weighted by Crippen LogP contribution is 2.22. The molecule has 1 fully saturated rings. The number of hydrogen-bond donors (Lipinski definition) is 2. The van der Waals surface area contributed by atoms with Gasteiger partial charge in [-0.2, -0.15) is 11.8 Å². The zero-order chi connectivity index (χ0) is 9.80. The van der Waals surface area contributed by atoms with Crippen molar-refractivity contribution in [2.75, 3.05) is 29.2 Å². The summed E-state index contributed by atoms with van der Waals surface area (Å²) in [5.74, 6) is 2.49. The lowest BCUT2D eigenvalue weighted by Crippen LogP contribution is -2.18. The summed E-state index contributed by atoms with van der Waals surface area (Å²) < 4.78 is 0. The largest absolute Gasteiger partial charge is 0.387 e. The molecule has 2 N–H and O–H groups in total. The van der Waals surface area contributed by atoms with Crippen LogP contribution in [-0.4, -0.2) is 29.6 Å². The quantitative estimate of drug-likeness (QED) is 0.799. The first-order valence-corrected chi connectivity index (χ1v) is 6.01. The summed E-state index contributed by atoms with van der Waals surface area (Å²) in [4.78, 5) is 4.17. The van der Waals surface area contributed by atoms with Crippen LogP contribution in [-0.2, 0) is 0 Å². The molecule has 1 aliphatic heterocycles. The summed E-state index contributed by atoms with van der Waals surface area (Å²) in [7, 11) is 1.91. The Morgan fingerprint density at radius 3 is 3.00 bits per heavy atom. The molecule has 0 spiro atoms. The molecule has 0 bridgehead atoms. The van der Waals surface area contributed by atoms with Crippen LogP contribution in [0.4, 0.5) is 11.4 Å². The van der Waals surface area contributed by atoms with E-state index < -0.39 is 0 Å². The molecule has 1 aromatic rings. The van der Waals surface area contributed by atoms with Gasteiger partial charge in [0.25, 0.3) is 0 Å². The monoisotopic (exact) mass is 209 g/mol. The molecule has 2 rings (SSSR count). The van der Waals surface area contributed by atoms with Crippen LogP contribution in [0.2, 0.25) is 0 Å². The smallest absolute Gasteiger partial charge is 0.0549 e. The molecule has 3 nitrogen and oxygen atoms in total. The second-order valence-corrected chi connectivity index (χ2v) is 4.57. The fraction of sp³-hybridized carbons (Fsp3) is 0.500. The summed E-state index contributed by atoms with van der Waals surface area (Å²) in [6, 6.07) is 2.71. The molecule has 0 aliphatic carbocycles. The van der Waals surface area contributed by atoms with Gasteiger partial charge in [-0.3, -0.25) is 4.98 Å². The van der Waals surface area contributed by atoms with E-state index in [4.69, 9.17) is 0 Å². The highest BCUT2D eigenvalue weighted by atomic mass is 32.2. The lowest BCUT2D eigenvalue weighted by atomic mass is 10.2. The average Bonchev–Trinajstić information content (AvgIpc) is 2.71. The average molecular weight is 209 g/mol. The minimum Gasteiger partial charge on any atom is -0.387 e. The Morgan fingerprint density at radius 2 is 2.29 bits per heavy atom. The maximum absolute atomic E-state index is 4.17. The van der Waals surface area contributed by atoms with Crippen LogP contribution >= 0.6 is 11.8 Å². The Morgan fingerprint density at radius 1 is 1.43 bits per heavy atom. The van der Waals surface area contributed by atoms with E-state index in [1.54, 1.807) is 0 Å². The van der Waals surface area contributed by atoms with Gasteiger partial charge < -0.3 is 10.6 Å². The molecule has 2 heterocycles. The van der Waals surface area contributed by atoms with Gasteiger partial charge in [0.2, 0.25) is 0 Å². The number of rotatable bonds is 3. The number of anilines is 2. The van der Waals surface area contributed by atoms with Gasteiger partial charge in [-0.25, -0.2) is 0 Å². The van der Waals surface area contributed by atoms with Crippen LogP contribution < -0.4 is 10.6 Å². The molecule has 1 saturated heterocycles. The SMILES string of the molecule is CNc1cncc(NC2CCSC2)c1. The van der Waals surface area contributed by atoms with Crippen molar-refractivity contribution >= 4 is 23.1 Å². The van der Waals surface area contributed by atoms with Crippen molar-refractivity contribution in [1.29, 1.82) is 0 Å². The van der Waals surface area contributed by atoms with Crippen molar-refractivity contribution in [3.63, 3.8) is 0 Å². The van der Waals surface area contributed by atoms with Crippen molar-refractivity contribution in [1.82, 2.24) is 4.98 Å². The van der Waals surface area contributed by atoms with Crippen LogP contribution in [0.25, 0.3) is 0 Å². The van der Waals surface area contributed by atoms with Gasteiger partial charge in [0.05, 0.1) is 23.8 Å². The van der Waals surface area contributed by atoms with Crippen molar-refractivity contribution in [2.45, 2.75) is 12.5 Å². The number of pyridine rings is 1. The first-order chi connectivity index (χ1) is 6.88. The van der Waals surface area contributed by atoms with Gasteiger partial charge in [0.15, 0.2) is 0 Å². The molecule has 0 saturated carbocycles. The van der Waals surface area contributed by atoms with Gasteiger partial charge in [-0.05, 0) is 18.2 Å². The number of thioether (sulfide) groups is 1. The van der Waals surface area contributed by atoms with Crippen LogP contribution in [0.3, 0.4) is 0 Å². The number of nitrogens with one attached hydrogen (secondary N) is 2. The topological polar surface area (TPSA) is 37.0 Å². The minimum absolute atomic E-state index is 0.619. The Labute approximate surface area is 88.7 Å². The molecule has 14 heavy (non-hydrogen) atoms. The summed E-state index contributed by atoms with van der Waals surface area (Å²) in [6.45, 7) is 0. The van der Waals surface area contributed by atoms with Crippen molar-refractivity contribution < 1.29 is 0 Å². The van der Waals surface area contributed by atoms with Gasteiger partial charge >= 0.3 is 0 Å². The molecule has 0 amide bonds. The maximum atomic E-state index is 4.17.